The summed E-state index contributed by atoms with van der Waals surface area (Å²) in [6.45, 7) is 0.808. The van der Waals surface area contributed by atoms with Crippen LogP contribution in [0.5, 0.6) is 0 Å². The number of imide groups is 1. The maximum atomic E-state index is 11.7. The highest BCUT2D eigenvalue weighted by molar-refractivity contribution is 7.99. The minimum absolute atomic E-state index is 0.114. The van der Waals surface area contributed by atoms with Crippen LogP contribution < -0.4 is 5.32 Å². The molecule has 1 aliphatic rings. The number of nitrogens with one attached hydrogen (secondary N) is 1. The van der Waals surface area contributed by atoms with Gasteiger partial charge in [-0.25, -0.2) is 0 Å². The van der Waals surface area contributed by atoms with Crippen LogP contribution in [0.1, 0.15) is 25.7 Å². The van der Waals surface area contributed by atoms with E-state index in [2.05, 4.69) is 17.4 Å². The van der Waals surface area contributed by atoms with Crippen molar-refractivity contribution in [3.63, 3.8) is 0 Å². The van der Waals surface area contributed by atoms with Crippen molar-refractivity contribution in [2.45, 2.75) is 30.6 Å². The minimum Gasteiger partial charge on any atom is -0.356 e. The first-order chi connectivity index (χ1) is 10.7. The lowest BCUT2D eigenvalue weighted by Crippen LogP contribution is -2.34. The number of nitrogens with zero attached hydrogens (tertiary/aromatic N) is 1. The molecule has 0 atom stereocenters. The van der Waals surface area contributed by atoms with Gasteiger partial charge in [0.1, 0.15) is 0 Å². The van der Waals surface area contributed by atoms with E-state index in [4.69, 9.17) is 0 Å². The van der Waals surface area contributed by atoms with Crippen LogP contribution in [0.3, 0.4) is 0 Å². The van der Waals surface area contributed by atoms with Crippen LogP contribution in [0.4, 0.5) is 0 Å². The van der Waals surface area contributed by atoms with Gasteiger partial charge < -0.3 is 5.32 Å². The van der Waals surface area contributed by atoms with Crippen molar-refractivity contribution >= 4 is 29.5 Å². The number of thioether (sulfide) groups is 1. The Morgan fingerprint density at radius 3 is 2.50 bits per heavy atom. The summed E-state index contributed by atoms with van der Waals surface area (Å²) in [5, 5.41) is 2.82. The zero-order chi connectivity index (χ0) is 15.8. The highest BCUT2D eigenvalue weighted by Crippen LogP contribution is 2.17. The van der Waals surface area contributed by atoms with Crippen LogP contribution in [0, 0.1) is 0 Å². The third-order valence-corrected chi connectivity index (χ3v) is 4.47. The summed E-state index contributed by atoms with van der Waals surface area (Å²) in [6.07, 6.45) is 1.62. The molecule has 0 bridgehead atoms. The van der Waals surface area contributed by atoms with Gasteiger partial charge in [-0.15, -0.1) is 11.8 Å². The molecule has 1 aliphatic heterocycles. The second kappa shape index (κ2) is 8.58. The third kappa shape index (κ3) is 5.18. The number of hydrogen-bond acceptors (Lipinski definition) is 4. The van der Waals surface area contributed by atoms with E-state index in [1.807, 2.05) is 18.2 Å². The molecule has 1 aromatic carbocycles. The molecule has 3 amide bonds. The molecule has 1 fully saturated rings. The van der Waals surface area contributed by atoms with Gasteiger partial charge in [-0.3, -0.25) is 19.3 Å². The Hall–Kier alpha value is -1.82. The van der Waals surface area contributed by atoms with E-state index in [9.17, 15) is 14.4 Å². The first-order valence-electron chi connectivity index (χ1n) is 7.44. The van der Waals surface area contributed by atoms with Crippen molar-refractivity contribution in [1.82, 2.24) is 10.2 Å². The molecule has 1 saturated heterocycles. The number of carbonyl (C=O) groups is 3. The summed E-state index contributed by atoms with van der Waals surface area (Å²) in [5.41, 5.74) is 0. The average Bonchev–Trinajstić information content (AvgIpc) is 2.84. The third-order valence-electron chi connectivity index (χ3n) is 3.37. The topological polar surface area (TPSA) is 66.5 Å². The summed E-state index contributed by atoms with van der Waals surface area (Å²) in [5.74, 6) is 0.485. The first-order valence-corrected chi connectivity index (χ1v) is 8.43. The second-order valence-corrected chi connectivity index (χ2v) is 6.22. The van der Waals surface area contributed by atoms with Crippen LogP contribution in [0.25, 0.3) is 0 Å². The van der Waals surface area contributed by atoms with E-state index in [1.165, 1.54) is 9.80 Å². The van der Waals surface area contributed by atoms with Crippen LogP contribution >= 0.6 is 11.8 Å². The monoisotopic (exact) mass is 320 g/mol. The van der Waals surface area contributed by atoms with Gasteiger partial charge >= 0.3 is 0 Å². The van der Waals surface area contributed by atoms with Crippen LogP contribution in [0.15, 0.2) is 35.2 Å². The van der Waals surface area contributed by atoms with Gasteiger partial charge in [0, 0.05) is 37.2 Å². The molecule has 22 heavy (non-hydrogen) atoms. The Kier molecular flexibility index (Phi) is 6.45. The van der Waals surface area contributed by atoms with Crippen LogP contribution in [-0.2, 0) is 14.4 Å². The summed E-state index contributed by atoms with van der Waals surface area (Å²) in [4.78, 5) is 36.9. The maximum Gasteiger partial charge on any atom is 0.229 e. The molecule has 0 unspecified atom stereocenters. The Morgan fingerprint density at radius 2 is 1.82 bits per heavy atom. The summed E-state index contributed by atoms with van der Waals surface area (Å²) in [6, 6.07) is 10.1. The molecular weight excluding hydrogens is 300 g/mol. The van der Waals surface area contributed by atoms with E-state index in [0.29, 0.717) is 6.54 Å². The average molecular weight is 320 g/mol. The zero-order valence-electron chi connectivity index (χ0n) is 12.4. The van der Waals surface area contributed by atoms with E-state index in [1.54, 1.807) is 11.8 Å². The molecule has 6 heteroatoms. The van der Waals surface area contributed by atoms with Crippen molar-refractivity contribution in [1.29, 1.82) is 0 Å². The highest BCUT2D eigenvalue weighted by Gasteiger charge is 2.28. The maximum absolute atomic E-state index is 11.7. The second-order valence-electron chi connectivity index (χ2n) is 5.05. The van der Waals surface area contributed by atoms with Crippen molar-refractivity contribution in [3.05, 3.63) is 30.3 Å². The van der Waals surface area contributed by atoms with Gasteiger partial charge in [-0.05, 0) is 24.3 Å². The smallest absolute Gasteiger partial charge is 0.229 e. The Labute approximate surface area is 134 Å². The number of rotatable bonds is 8. The van der Waals surface area contributed by atoms with E-state index >= 15 is 0 Å². The Morgan fingerprint density at radius 1 is 1.14 bits per heavy atom. The fraction of sp³-hybridized carbons (Fsp3) is 0.438. The van der Waals surface area contributed by atoms with E-state index < -0.39 is 0 Å². The van der Waals surface area contributed by atoms with Gasteiger partial charge in [0.2, 0.25) is 17.7 Å². The largest absolute Gasteiger partial charge is 0.356 e. The number of amides is 3. The lowest BCUT2D eigenvalue weighted by atomic mass is 10.3. The van der Waals surface area contributed by atoms with E-state index in [0.717, 1.165) is 12.2 Å². The quantitative estimate of drug-likeness (QED) is 0.451. The van der Waals surface area contributed by atoms with Crippen LogP contribution in [-0.4, -0.2) is 41.5 Å². The predicted octanol–water partition coefficient (Wildman–Crippen LogP) is 1.82. The van der Waals surface area contributed by atoms with Crippen molar-refractivity contribution in [2.24, 2.45) is 0 Å². The Bertz CT molecular complexity index is 517. The molecule has 1 N–H and O–H groups in total. The number of likely N-dealkylation sites (tertiary alicyclic amines) is 1. The molecule has 0 aliphatic carbocycles. The SMILES string of the molecule is O=C(CCN1C(=O)CCC1=O)NCCCSc1ccccc1. The summed E-state index contributed by atoms with van der Waals surface area (Å²) in [7, 11) is 0. The lowest BCUT2D eigenvalue weighted by molar-refractivity contribution is -0.138. The molecule has 0 spiro atoms. The number of carbonyl (C=O) groups excluding carboxylic acids is 3. The lowest BCUT2D eigenvalue weighted by Gasteiger charge is -2.13. The van der Waals surface area contributed by atoms with E-state index in [-0.39, 0.29) is 43.5 Å². The zero-order valence-corrected chi connectivity index (χ0v) is 13.2. The molecule has 118 valence electrons. The predicted molar refractivity (Wildman–Crippen MR) is 85.4 cm³/mol. The van der Waals surface area contributed by atoms with Gasteiger partial charge in [-0.2, -0.15) is 0 Å². The molecule has 5 nitrogen and oxygen atoms in total. The molecule has 2 rings (SSSR count). The summed E-state index contributed by atoms with van der Waals surface area (Å²) < 4.78 is 0. The molecular formula is C16H20N2O3S. The molecule has 0 saturated carbocycles. The Balaban J connectivity index is 1.54. The normalized spacial score (nSPS) is 14.5. The molecule has 0 aromatic heterocycles. The fourth-order valence-corrected chi connectivity index (χ4v) is 3.05. The standard InChI is InChI=1S/C16H20N2O3S/c19-14(9-11-18-15(20)7-8-16(18)21)17-10-4-12-22-13-5-2-1-3-6-13/h1-3,5-6H,4,7-12H2,(H,17,19). The first kappa shape index (κ1) is 16.5. The van der Waals surface area contributed by atoms with Gasteiger partial charge in [-0.1, -0.05) is 18.2 Å². The highest BCUT2D eigenvalue weighted by atomic mass is 32.2. The van der Waals surface area contributed by atoms with Crippen molar-refractivity contribution in [3.8, 4) is 0 Å². The van der Waals surface area contributed by atoms with Crippen LogP contribution in [0.2, 0.25) is 0 Å². The summed E-state index contributed by atoms with van der Waals surface area (Å²) >= 11 is 1.76. The van der Waals surface area contributed by atoms with Gasteiger partial charge in [0.05, 0.1) is 0 Å². The number of benzene rings is 1. The van der Waals surface area contributed by atoms with Gasteiger partial charge in [0.25, 0.3) is 0 Å². The van der Waals surface area contributed by atoms with Gasteiger partial charge in [0.15, 0.2) is 0 Å². The number of hydrogen-bond donors (Lipinski definition) is 1. The van der Waals surface area contributed by atoms with Crippen molar-refractivity contribution in [2.75, 3.05) is 18.8 Å². The molecule has 1 aromatic rings. The minimum atomic E-state index is -0.169. The molecule has 0 radical (unpaired) electrons. The molecule has 1 heterocycles. The fourth-order valence-electron chi connectivity index (χ4n) is 2.18. The van der Waals surface area contributed by atoms with Crippen molar-refractivity contribution < 1.29 is 14.4 Å².